The maximum atomic E-state index is 12.2. The van der Waals surface area contributed by atoms with Crippen molar-refractivity contribution in [1.29, 1.82) is 0 Å². The normalized spacial score (nSPS) is 12.1. The molecule has 0 aromatic carbocycles. The number of aliphatic hydroxyl groups is 1. The van der Waals surface area contributed by atoms with Crippen LogP contribution in [0.2, 0.25) is 0 Å². The van der Waals surface area contributed by atoms with Crippen molar-refractivity contribution in [2.24, 2.45) is 7.05 Å². The molecule has 0 spiro atoms. The summed E-state index contributed by atoms with van der Waals surface area (Å²) in [5.41, 5.74) is 0.112. The predicted octanol–water partition coefficient (Wildman–Crippen LogP) is 2.22. The van der Waals surface area contributed by atoms with Crippen LogP contribution in [0.15, 0.2) is 6.07 Å². The van der Waals surface area contributed by atoms with Crippen molar-refractivity contribution in [2.75, 3.05) is 6.54 Å². The van der Waals surface area contributed by atoms with E-state index in [0.717, 1.165) is 15.9 Å². The summed E-state index contributed by atoms with van der Waals surface area (Å²) in [5.74, 6) is -0.133. The van der Waals surface area contributed by atoms with Crippen molar-refractivity contribution in [3.63, 3.8) is 0 Å². The van der Waals surface area contributed by atoms with Crippen LogP contribution in [0.1, 0.15) is 42.1 Å². The van der Waals surface area contributed by atoms with E-state index >= 15 is 0 Å². The second-order valence-electron chi connectivity index (χ2n) is 5.15. The van der Waals surface area contributed by atoms with E-state index < -0.39 is 5.60 Å². The standard InChI is InChI=1S/C14H21N3O2S/c1-5-14(19,6-2)8-15-12(18)11-7-10-9(3)16-17(4)13(10)20-11/h7,19H,5-6,8H2,1-4H3,(H,15,18). The number of carbonyl (C=O) groups excluding carboxylic acids is 1. The average molecular weight is 295 g/mol. The predicted molar refractivity (Wildman–Crippen MR) is 81.2 cm³/mol. The molecule has 110 valence electrons. The van der Waals surface area contributed by atoms with Gasteiger partial charge in [0.05, 0.1) is 16.2 Å². The van der Waals surface area contributed by atoms with Gasteiger partial charge in [-0.15, -0.1) is 11.3 Å². The van der Waals surface area contributed by atoms with Crippen molar-refractivity contribution in [3.8, 4) is 0 Å². The number of fused-ring (bicyclic) bond motifs is 1. The van der Waals surface area contributed by atoms with Crippen molar-refractivity contribution in [1.82, 2.24) is 15.1 Å². The Labute approximate surface area is 122 Å². The molecule has 0 aliphatic heterocycles. The Morgan fingerprint density at radius 2 is 2.15 bits per heavy atom. The molecule has 1 amide bonds. The summed E-state index contributed by atoms with van der Waals surface area (Å²) in [6.07, 6.45) is 1.25. The summed E-state index contributed by atoms with van der Waals surface area (Å²) in [6.45, 7) is 6.06. The Kier molecular flexibility index (Phi) is 4.15. The van der Waals surface area contributed by atoms with E-state index in [4.69, 9.17) is 0 Å². The fourth-order valence-electron chi connectivity index (χ4n) is 2.15. The number of hydrogen-bond donors (Lipinski definition) is 2. The van der Waals surface area contributed by atoms with Gasteiger partial charge in [-0.3, -0.25) is 9.48 Å². The summed E-state index contributed by atoms with van der Waals surface area (Å²) < 4.78 is 1.79. The third-order valence-corrected chi connectivity index (χ3v) is 5.01. The quantitative estimate of drug-likeness (QED) is 0.889. The van der Waals surface area contributed by atoms with Gasteiger partial charge in [0, 0.05) is 19.0 Å². The second-order valence-corrected chi connectivity index (χ2v) is 6.18. The number of hydrogen-bond acceptors (Lipinski definition) is 4. The molecule has 20 heavy (non-hydrogen) atoms. The van der Waals surface area contributed by atoms with Crippen LogP contribution in [-0.2, 0) is 7.05 Å². The number of rotatable bonds is 5. The van der Waals surface area contributed by atoms with Crippen molar-refractivity contribution in [2.45, 2.75) is 39.2 Å². The molecular weight excluding hydrogens is 274 g/mol. The summed E-state index contributed by atoms with van der Waals surface area (Å²) >= 11 is 1.43. The first-order valence-corrected chi connectivity index (χ1v) is 7.65. The van der Waals surface area contributed by atoms with Gasteiger partial charge < -0.3 is 10.4 Å². The van der Waals surface area contributed by atoms with Crippen LogP contribution in [0.25, 0.3) is 10.2 Å². The minimum atomic E-state index is -0.816. The molecule has 0 aliphatic carbocycles. The lowest BCUT2D eigenvalue weighted by Gasteiger charge is -2.25. The Hall–Kier alpha value is -1.40. The fraction of sp³-hybridized carbons (Fsp3) is 0.571. The largest absolute Gasteiger partial charge is 0.388 e. The summed E-state index contributed by atoms with van der Waals surface area (Å²) in [4.78, 5) is 13.8. The number of aryl methyl sites for hydroxylation is 2. The van der Waals surface area contributed by atoms with Crippen LogP contribution >= 0.6 is 11.3 Å². The smallest absolute Gasteiger partial charge is 0.261 e. The number of aromatic nitrogens is 2. The fourth-order valence-corrected chi connectivity index (χ4v) is 3.19. The first-order valence-electron chi connectivity index (χ1n) is 6.84. The SMILES string of the molecule is CCC(O)(CC)CNC(=O)c1cc2c(C)nn(C)c2s1. The van der Waals surface area contributed by atoms with E-state index in [1.807, 2.05) is 33.9 Å². The van der Waals surface area contributed by atoms with Gasteiger partial charge in [-0.1, -0.05) is 13.8 Å². The van der Waals surface area contributed by atoms with E-state index in [1.165, 1.54) is 11.3 Å². The van der Waals surface area contributed by atoms with Gasteiger partial charge in [-0.25, -0.2) is 0 Å². The highest BCUT2D eigenvalue weighted by atomic mass is 32.1. The minimum absolute atomic E-state index is 0.133. The summed E-state index contributed by atoms with van der Waals surface area (Å²) in [6, 6.07) is 1.87. The number of thiophene rings is 1. The highest BCUT2D eigenvalue weighted by molar-refractivity contribution is 7.20. The number of carbonyl (C=O) groups is 1. The molecule has 0 aliphatic rings. The van der Waals surface area contributed by atoms with Crippen molar-refractivity contribution >= 4 is 27.5 Å². The molecule has 5 nitrogen and oxygen atoms in total. The summed E-state index contributed by atoms with van der Waals surface area (Å²) in [5, 5.41) is 18.3. The molecule has 2 aromatic rings. The Balaban J connectivity index is 2.14. The molecule has 0 saturated heterocycles. The molecule has 0 unspecified atom stereocenters. The van der Waals surface area contributed by atoms with Crippen LogP contribution < -0.4 is 5.32 Å². The topological polar surface area (TPSA) is 67.2 Å². The van der Waals surface area contributed by atoms with Gasteiger partial charge in [0.1, 0.15) is 4.83 Å². The molecule has 2 aromatic heterocycles. The Bertz CT molecular complexity index is 591. The van der Waals surface area contributed by atoms with Gasteiger partial charge in [-0.05, 0) is 25.8 Å². The highest BCUT2D eigenvalue weighted by Gasteiger charge is 2.23. The zero-order valence-electron chi connectivity index (χ0n) is 12.4. The third kappa shape index (κ3) is 2.71. The molecule has 0 fully saturated rings. The van der Waals surface area contributed by atoms with Gasteiger partial charge in [0.15, 0.2) is 0 Å². The van der Waals surface area contributed by atoms with E-state index in [2.05, 4.69) is 10.4 Å². The van der Waals surface area contributed by atoms with Crippen molar-refractivity contribution < 1.29 is 9.90 Å². The van der Waals surface area contributed by atoms with Crippen LogP contribution in [-0.4, -0.2) is 32.9 Å². The second kappa shape index (κ2) is 5.54. The Morgan fingerprint density at radius 3 is 2.70 bits per heavy atom. The highest BCUT2D eigenvalue weighted by Crippen LogP contribution is 2.27. The third-order valence-electron chi connectivity index (χ3n) is 3.81. The number of amides is 1. The Morgan fingerprint density at radius 1 is 1.50 bits per heavy atom. The molecule has 2 rings (SSSR count). The average Bonchev–Trinajstić information content (AvgIpc) is 2.98. The van der Waals surface area contributed by atoms with Crippen LogP contribution in [0.3, 0.4) is 0 Å². The van der Waals surface area contributed by atoms with E-state index in [0.29, 0.717) is 17.7 Å². The first kappa shape index (κ1) is 15.0. The molecular formula is C14H21N3O2S. The lowest BCUT2D eigenvalue weighted by molar-refractivity contribution is 0.0314. The zero-order chi connectivity index (χ0) is 14.9. The van der Waals surface area contributed by atoms with Crippen LogP contribution in [0, 0.1) is 6.92 Å². The van der Waals surface area contributed by atoms with Gasteiger partial charge >= 0.3 is 0 Å². The number of nitrogens with zero attached hydrogens (tertiary/aromatic N) is 2. The zero-order valence-corrected chi connectivity index (χ0v) is 13.2. The van der Waals surface area contributed by atoms with Crippen molar-refractivity contribution in [3.05, 3.63) is 16.6 Å². The first-order chi connectivity index (χ1) is 9.40. The van der Waals surface area contributed by atoms with E-state index in [-0.39, 0.29) is 12.5 Å². The lowest BCUT2D eigenvalue weighted by atomic mass is 9.98. The molecule has 2 N–H and O–H groups in total. The maximum absolute atomic E-state index is 12.2. The van der Waals surface area contributed by atoms with Gasteiger partial charge in [0.25, 0.3) is 5.91 Å². The molecule has 0 bridgehead atoms. The molecule has 0 saturated carbocycles. The maximum Gasteiger partial charge on any atom is 0.261 e. The lowest BCUT2D eigenvalue weighted by Crippen LogP contribution is -2.41. The van der Waals surface area contributed by atoms with Gasteiger partial charge in [0.2, 0.25) is 0 Å². The van der Waals surface area contributed by atoms with E-state index in [9.17, 15) is 9.90 Å². The monoisotopic (exact) mass is 295 g/mol. The molecule has 0 atom stereocenters. The minimum Gasteiger partial charge on any atom is -0.388 e. The molecule has 6 heteroatoms. The van der Waals surface area contributed by atoms with E-state index in [1.54, 1.807) is 4.68 Å². The number of nitrogens with one attached hydrogen (secondary N) is 1. The van der Waals surface area contributed by atoms with Gasteiger partial charge in [-0.2, -0.15) is 5.10 Å². The summed E-state index contributed by atoms with van der Waals surface area (Å²) in [7, 11) is 1.88. The molecule has 2 heterocycles. The molecule has 0 radical (unpaired) electrons. The van der Waals surface area contributed by atoms with Crippen LogP contribution in [0.4, 0.5) is 0 Å². The van der Waals surface area contributed by atoms with Crippen LogP contribution in [0.5, 0.6) is 0 Å².